The summed E-state index contributed by atoms with van der Waals surface area (Å²) in [6, 6.07) is 0. The van der Waals surface area contributed by atoms with Gasteiger partial charge in [-0.3, -0.25) is 19.2 Å². The van der Waals surface area contributed by atoms with Gasteiger partial charge in [0, 0.05) is 0 Å². The van der Waals surface area contributed by atoms with Crippen molar-refractivity contribution >= 4 is 23.9 Å². The Hall–Kier alpha value is -2.20. The summed E-state index contributed by atoms with van der Waals surface area (Å²) in [6.45, 7) is 5.95. The fourth-order valence-corrected chi connectivity index (χ4v) is 8.92. The Bertz CT molecular complexity index is 1060. The summed E-state index contributed by atoms with van der Waals surface area (Å²) >= 11 is 0. The largest absolute Gasteiger partial charge is 0.465 e. The number of epoxide rings is 2. The average Bonchev–Trinajstić information content (AvgIpc) is 4.15. The summed E-state index contributed by atoms with van der Waals surface area (Å²) in [5, 5.41) is 0. The first-order valence-corrected chi connectivity index (χ1v) is 23.9. The fourth-order valence-electron chi connectivity index (χ4n) is 8.92. The third-order valence-electron chi connectivity index (χ3n) is 12.8. The number of hydrogen-bond donors (Lipinski definition) is 0. The highest BCUT2D eigenvalue weighted by Gasteiger charge is 2.54. The zero-order valence-corrected chi connectivity index (χ0v) is 36.0. The van der Waals surface area contributed by atoms with Gasteiger partial charge in [-0.2, -0.15) is 0 Å². The second-order valence-corrected chi connectivity index (χ2v) is 17.6. The molecule has 2 aliphatic heterocycles. The van der Waals surface area contributed by atoms with Crippen LogP contribution < -0.4 is 0 Å². The number of unbranched alkanes of at least 4 members (excludes halogenated alkanes) is 22. The van der Waals surface area contributed by atoms with Crippen molar-refractivity contribution in [3.05, 3.63) is 0 Å². The van der Waals surface area contributed by atoms with E-state index in [0.717, 1.165) is 57.8 Å². The van der Waals surface area contributed by atoms with Gasteiger partial charge < -0.3 is 28.4 Å². The van der Waals surface area contributed by atoms with Crippen molar-refractivity contribution in [1.29, 1.82) is 0 Å². The maximum absolute atomic E-state index is 13.1. The van der Waals surface area contributed by atoms with Gasteiger partial charge in [0.15, 0.2) is 0 Å². The Morgan fingerprint density at radius 3 is 0.737 bits per heavy atom. The number of rotatable bonds is 34. The van der Waals surface area contributed by atoms with E-state index in [1.165, 1.54) is 103 Å². The van der Waals surface area contributed by atoms with Crippen LogP contribution in [0.25, 0.3) is 0 Å². The molecule has 2 heterocycles. The summed E-state index contributed by atoms with van der Waals surface area (Å²) in [5.74, 6) is -3.19. The summed E-state index contributed by atoms with van der Waals surface area (Å²) < 4.78 is 33.9. The Labute approximate surface area is 345 Å². The first-order valence-electron chi connectivity index (χ1n) is 23.9. The number of carbonyl (C=O) groups is 4. The highest BCUT2D eigenvalue weighted by Crippen LogP contribution is 2.45. The van der Waals surface area contributed by atoms with Crippen molar-refractivity contribution in [3.8, 4) is 0 Å². The van der Waals surface area contributed by atoms with E-state index in [-0.39, 0.29) is 48.3 Å². The quantitative estimate of drug-likeness (QED) is 0.0268. The maximum Gasteiger partial charge on any atom is 0.309 e. The third kappa shape index (κ3) is 18.7. The van der Waals surface area contributed by atoms with E-state index >= 15 is 0 Å². The lowest BCUT2D eigenvalue weighted by Crippen LogP contribution is -2.38. The predicted octanol–water partition coefficient (Wildman–Crippen LogP) is 10.5. The summed E-state index contributed by atoms with van der Waals surface area (Å²) in [7, 11) is 0. The van der Waals surface area contributed by atoms with Crippen LogP contribution in [0.5, 0.6) is 0 Å². The van der Waals surface area contributed by atoms with Gasteiger partial charge in [0.05, 0.1) is 74.5 Å². The van der Waals surface area contributed by atoms with Crippen LogP contribution in [0.15, 0.2) is 0 Å². The molecule has 328 valence electrons. The standard InChI is InChI=1S/C47H80O10/c1-3-5-7-9-11-13-15-17-20-24-28-52-44(48)36-32-40-42(56-40)34-38(36)46(50)54-30-26-22-19-23-27-31-55-47(51)39-35-43-41(57-43)33-37(39)45(49)53-29-25-21-18-16-14-12-10-8-6-4-2/h36-43H,3-35H2,1-2H3. The Morgan fingerprint density at radius 2 is 0.526 bits per heavy atom. The molecule has 10 heteroatoms. The van der Waals surface area contributed by atoms with Gasteiger partial charge in [-0.25, -0.2) is 0 Å². The van der Waals surface area contributed by atoms with E-state index in [4.69, 9.17) is 28.4 Å². The number of hydrogen-bond acceptors (Lipinski definition) is 10. The SMILES string of the molecule is CCCCCCCCCCCCOC(=O)C1CC2OC2CC1C(=O)OCCCCCCCOC(=O)C1CC2OC2CC1C(=O)OCCCCCCCCCCCC. The van der Waals surface area contributed by atoms with Gasteiger partial charge in [-0.1, -0.05) is 149 Å². The topological polar surface area (TPSA) is 130 Å². The molecule has 0 N–H and O–H groups in total. The highest BCUT2D eigenvalue weighted by atomic mass is 16.6. The van der Waals surface area contributed by atoms with E-state index in [1.807, 2.05) is 0 Å². The highest BCUT2D eigenvalue weighted by molar-refractivity contribution is 5.83. The molecule has 0 amide bonds. The smallest absolute Gasteiger partial charge is 0.309 e. The minimum absolute atomic E-state index is 0.0543. The number of esters is 4. The minimum Gasteiger partial charge on any atom is -0.465 e. The van der Waals surface area contributed by atoms with E-state index in [1.54, 1.807) is 0 Å². The van der Waals surface area contributed by atoms with Crippen LogP contribution in [0.1, 0.15) is 200 Å². The second kappa shape index (κ2) is 28.3. The van der Waals surface area contributed by atoms with Gasteiger partial charge in [0.2, 0.25) is 0 Å². The van der Waals surface area contributed by atoms with Crippen molar-refractivity contribution < 1.29 is 47.6 Å². The van der Waals surface area contributed by atoms with Gasteiger partial charge in [-0.05, 0) is 51.4 Å². The van der Waals surface area contributed by atoms with Crippen LogP contribution in [0, 0.1) is 23.7 Å². The lowest BCUT2D eigenvalue weighted by molar-refractivity contribution is -0.162. The van der Waals surface area contributed by atoms with E-state index in [0.29, 0.717) is 52.1 Å². The molecule has 2 saturated carbocycles. The van der Waals surface area contributed by atoms with Gasteiger partial charge in [0.1, 0.15) is 0 Å². The Balaban J connectivity index is 0.995. The third-order valence-corrected chi connectivity index (χ3v) is 12.8. The second-order valence-electron chi connectivity index (χ2n) is 17.6. The van der Waals surface area contributed by atoms with Crippen LogP contribution in [0.2, 0.25) is 0 Å². The molecular weight excluding hydrogens is 725 g/mol. The molecule has 4 fully saturated rings. The molecule has 0 spiro atoms. The molecule has 4 aliphatic rings. The molecule has 10 nitrogen and oxygen atoms in total. The molecule has 4 rings (SSSR count). The molecular formula is C47H80O10. The fraction of sp³-hybridized carbons (Fsp3) is 0.915. The molecule has 0 radical (unpaired) electrons. The molecule has 0 aromatic heterocycles. The van der Waals surface area contributed by atoms with Gasteiger partial charge >= 0.3 is 23.9 Å². The molecule has 8 atom stereocenters. The van der Waals surface area contributed by atoms with Crippen LogP contribution in [0.3, 0.4) is 0 Å². The van der Waals surface area contributed by atoms with Crippen molar-refractivity contribution in [2.45, 2.75) is 224 Å². The number of ether oxygens (including phenoxy) is 6. The van der Waals surface area contributed by atoms with Gasteiger partial charge in [0.25, 0.3) is 0 Å². The minimum atomic E-state index is -0.504. The summed E-state index contributed by atoms with van der Waals surface area (Å²) in [6.07, 6.45) is 31.0. The lowest BCUT2D eigenvalue weighted by atomic mass is 9.79. The molecule has 0 aromatic carbocycles. The number of fused-ring (bicyclic) bond motifs is 2. The van der Waals surface area contributed by atoms with E-state index < -0.39 is 23.7 Å². The zero-order chi connectivity index (χ0) is 40.5. The van der Waals surface area contributed by atoms with Crippen molar-refractivity contribution in [1.82, 2.24) is 0 Å². The predicted molar refractivity (Wildman–Crippen MR) is 220 cm³/mol. The molecule has 8 unspecified atom stereocenters. The van der Waals surface area contributed by atoms with Crippen molar-refractivity contribution in [3.63, 3.8) is 0 Å². The monoisotopic (exact) mass is 805 g/mol. The first kappa shape index (κ1) is 47.5. The summed E-state index contributed by atoms with van der Waals surface area (Å²) in [4.78, 5) is 52.1. The Kier molecular flexibility index (Phi) is 23.6. The van der Waals surface area contributed by atoms with Crippen LogP contribution in [-0.2, 0) is 47.6 Å². The van der Waals surface area contributed by atoms with Crippen LogP contribution >= 0.6 is 0 Å². The van der Waals surface area contributed by atoms with E-state index in [9.17, 15) is 19.2 Å². The molecule has 2 aliphatic carbocycles. The number of carbonyl (C=O) groups excluding carboxylic acids is 4. The normalized spacial score (nSPS) is 25.9. The van der Waals surface area contributed by atoms with Crippen molar-refractivity contribution in [2.75, 3.05) is 26.4 Å². The lowest BCUT2D eigenvalue weighted by Gasteiger charge is -2.26. The molecule has 2 saturated heterocycles. The maximum atomic E-state index is 13.1. The Morgan fingerprint density at radius 1 is 0.333 bits per heavy atom. The molecule has 0 bridgehead atoms. The van der Waals surface area contributed by atoms with E-state index in [2.05, 4.69) is 13.8 Å². The van der Waals surface area contributed by atoms with Crippen LogP contribution in [0.4, 0.5) is 0 Å². The average molecular weight is 805 g/mol. The van der Waals surface area contributed by atoms with Gasteiger partial charge in [-0.15, -0.1) is 0 Å². The summed E-state index contributed by atoms with van der Waals surface area (Å²) in [5.41, 5.74) is 0. The van der Waals surface area contributed by atoms with Crippen LogP contribution in [-0.4, -0.2) is 74.7 Å². The molecule has 57 heavy (non-hydrogen) atoms. The van der Waals surface area contributed by atoms with Crippen molar-refractivity contribution in [2.24, 2.45) is 23.7 Å². The first-order chi connectivity index (χ1) is 27.9. The zero-order valence-electron chi connectivity index (χ0n) is 36.0. The molecule has 0 aromatic rings.